The van der Waals surface area contributed by atoms with Crippen molar-refractivity contribution in [2.24, 2.45) is 5.92 Å². The molecule has 0 radical (unpaired) electrons. The molecule has 0 spiro atoms. The average Bonchev–Trinajstić information content (AvgIpc) is 2.33. The lowest BCUT2D eigenvalue weighted by atomic mass is 9.74. The van der Waals surface area contributed by atoms with Crippen LogP contribution in [0.1, 0.15) is 51.0 Å². The van der Waals surface area contributed by atoms with Gasteiger partial charge in [-0.2, -0.15) is 0 Å². The van der Waals surface area contributed by atoms with Crippen LogP contribution < -0.4 is 5.73 Å². The Hall–Kier alpha value is -1.09. The maximum Gasteiger partial charge on any atom is 0.0931 e. The summed E-state index contributed by atoms with van der Waals surface area (Å²) in [7, 11) is 0. The Morgan fingerprint density at radius 2 is 2.18 bits per heavy atom. The van der Waals surface area contributed by atoms with Crippen molar-refractivity contribution in [1.82, 2.24) is 4.98 Å². The van der Waals surface area contributed by atoms with Crippen molar-refractivity contribution in [3.63, 3.8) is 0 Å². The number of nitrogens with two attached hydrogens (primary N) is 1. The maximum atomic E-state index is 10.7. The zero-order valence-electron chi connectivity index (χ0n) is 10.5. The number of aromatic nitrogens is 1. The monoisotopic (exact) mass is 234 g/mol. The van der Waals surface area contributed by atoms with Gasteiger partial charge in [-0.3, -0.25) is 4.98 Å². The maximum absolute atomic E-state index is 10.7. The molecule has 0 amide bonds. The van der Waals surface area contributed by atoms with E-state index in [-0.39, 0.29) is 0 Å². The van der Waals surface area contributed by atoms with Crippen molar-refractivity contribution in [3.8, 4) is 0 Å². The van der Waals surface area contributed by atoms with Gasteiger partial charge in [-0.1, -0.05) is 19.8 Å². The van der Waals surface area contributed by atoms with E-state index >= 15 is 0 Å². The van der Waals surface area contributed by atoms with Crippen molar-refractivity contribution >= 4 is 5.69 Å². The number of aliphatic hydroxyl groups is 1. The van der Waals surface area contributed by atoms with E-state index in [0.717, 1.165) is 37.2 Å². The van der Waals surface area contributed by atoms with Gasteiger partial charge in [-0.05, 0) is 37.7 Å². The molecule has 2 rings (SSSR count). The molecule has 0 bridgehead atoms. The van der Waals surface area contributed by atoms with Crippen molar-refractivity contribution in [3.05, 3.63) is 24.0 Å². The van der Waals surface area contributed by atoms with Gasteiger partial charge in [0.1, 0.15) is 0 Å². The predicted octanol–water partition coefficient (Wildman–Crippen LogP) is 2.84. The third-order valence-corrected chi connectivity index (χ3v) is 3.99. The summed E-state index contributed by atoms with van der Waals surface area (Å²) in [6, 6.07) is 1.77. The highest BCUT2D eigenvalue weighted by molar-refractivity contribution is 5.47. The lowest BCUT2D eigenvalue weighted by molar-refractivity contribution is -0.0148. The molecule has 0 aliphatic heterocycles. The molecule has 1 aliphatic rings. The van der Waals surface area contributed by atoms with Gasteiger partial charge in [-0.25, -0.2) is 0 Å². The summed E-state index contributed by atoms with van der Waals surface area (Å²) >= 11 is 0. The fraction of sp³-hybridized carbons (Fsp3) is 0.643. The van der Waals surface area contributed by atoms with E-state index in [1.807, 2.05) is 0 Å². The second-order valence-corrected chi connectivity index (χ2v) is 5.23. The number of anilines is 1. The highest BCUT2D eigenvalue weighted by Gasteiger charge is 2.35. The fourth-order valence-electron chi connectivity index (χ4n) is 2.92. The lowest BCUT2D eigenvalue weighted by Gasteiger charge is -2.36. The molecule has 17 heavy (non-hydrogen) atoms. The van der Waals surface area contributed by atoms with Crippen LogP contribution >= 0.6 is 0 Å². The van der Waals surface area contributed by atoms with E-state index in [1.54, 1.807) is 18.5 Å². The smallest absolute Gasteiger partial charge is 0.0931 e. The summed E-state index contributed by atoms with van der Waals surface area (Å²) in [6.45, 7) is 2.22. The number of rotatable bonds is 3. The molecule has 1 fully saturated rings. The Balaban J connectivity index is 2.10. The topological polar surface area (TPSA) is 59.1 Å². The summed E-state index contributed by atoms with van der Waals surface area (Å²) in [6.07, 6.45) is 9.72. The molecule has 1 aromatic rings. The Bertz CT molecular complexity index is 370. The summed E-state index contributed by atoms with van der Waals surface area (Å²) in [4.78, 5) is 4.08. The SMILES string of the molecule is CCCC1CCC(O)(c2cnccc2N)CC1. The number of hydrogen-bond donors (Lipinski definition) is 2. The molecule has 0 saturated heterocycles. The lowest BCUT2D eigenvalue weighted by Crippen LogP contribution is -2.32. The third-order valence-electron chi connectivity index (χ3n) is 3.99. The number of hydrogen-bond acceptors (Lipinski definition) is 3. The van der Waals surface area contributed by atoms with Crippen LogP contribution in [0.2, 0.25) is 0 Å². The second kappa shape index (κ2) is 5.05. The summed E-state index contributed by atoms with van der Waals surface area (Å²) in [5.74, 6) is 0.776. The van der Waals surface area contributed by atoms with Crippen LogP contribution in [0.5, 0.6) is 0 Å². The van der Waals surface area contributed by atoms with Crippen LogP contribution in [-0.4, -0.2) is 10.1 Å². The number of nitrogens with zero attached hydrogens (tertiary/aromatic N) is 1. The summed E-state index contributed by atoms with van der Waals surface area (Å²) in [5, 5.41) is 10.7. The molecule has 3 heteroatoms. The first-order valence-corrected chi connectivity index (χ1v) is 6.58. The van der Waals surface area contributed by atoms with Gasteiger partial charge in [0.2, 0.25) is 0 Å². The number of pyridine rings is 1. The minimum atomic E-state index is -0.747. The minimum Gasteiger partial charge on any atom is -0.398 e. The molecule has 0 aromatic carbocycles. The zero-order chi connectivity index (χ0) is 12.3. The average molecular weight is 234 g/mol. The molecule has 3 nitrogen and oxygen atoms in total. The molecule has 0 unspecified atom stereocenters. The van der Waals surface area contributed by atoms with Gasteiger partial charge in [-0.15, -0.1) is 0 Å². The van der Waals surface area contributed by atoms with Crippen LogP contribution in [0.3, 0.4) is 0 Å². The highest BCUT2D eigenvalue weighted by Crippen LogP contribution is 2.42. The third kappa shape index (κ3) is 2.60. The van der Waals surface area contributed by atoms with Gasteiger partial charge in [0.15, 0.2) is 0 Å². The molecule has 1 heterocycles. The molecule has 94 valence electrons. The van der Waals surface area contributed by atoms with Crippen LogP contribution in [0.4, 0.5) is 5.69 Å². The largest absolute Gasteiger partial charge is 0.398 e. The normalized spacial score (nSPS) is 29.2. The summed E-state index contributed by atoms with van der Waals surface area (Å²) in [5.41, 5.74) is 6.66. The highest BCUT2D eigenvalue weighted by atomic mass is 16.3. The van der Waals surface area contributed by atoms with E-state index in [2.05, 4.69) is 11.9 Å². The van der Waals surface area contributed by atoms with E-state index in [4.69, 9.17) is 5.73 Å². The molecule has 0 atom stereocenters. The Morgan fingerprint density at radius 3 is 2.76 bits per heavy atom. The standard InChI is InChI=1S/C14H22N2O/c1-2-3-11-4-7-14(17,8-5-11)12-10-16-9-6-13(12)15/h6,9-11,17H,2-5,7-8H2,1H3,(H2,15,16). The van der Waals surface area contributed by atoms with Gasteiger partial charge < -0.3 is 10.8 Å². The summed E-state index contributed by atoms with van der Waals surface area (Å²) < 4.78 is 0. The van der Waals surface area contributed by atoms with Gasteiger partial charge in [0.25, 0.3) is 0 Å². The Labute approximate surface area is 103 Å². The van der Waals surface area contributed by atoms with Crippen LogP contribution in [0.15, 0.2) is 18.5 Å². The van der Waals surface area contributed by atoms with E-state index in [9.17, 15) is 5.11 Å². The molecular formula is C14H22N2O. The molecule has 1 saturated carbocycles. The van der Waals surface area contributed by atoms with Crippen molar-refractivity contribution in [1.29, 1.82) is 0 Å². The molecule has 1 aliphatic carbocycles. The first-order chi connectivity index (χ1) is 8.15. The Morgan fingerprint density at radius 1 is 1.47 bits per heavy atom. The van der Waals surface area contributed by atoms with Crippen LogP contribution in [0.25, 0.3) is 0 Å². The second-order valence-electron chi connectivity index (χ2n) is 5.23. The molecular weight excluding hydrogens is 212 g/mol. The van der Waals surface area contributed by atoms with Gasteiger partial charge in [0.05, 0.1) is 5.60 Å². The van der Waals surface area contributed by atoms with Crippen molar-refractivity contribution in [2.45, 2.75) is 51.0 Å². The van der Waals surface area contributed by atoms with Gasteiger partial charge >= 0.3 is 0 Å². The zero-order valence-corrected chi connectivity index (χ0v) is 10.5. The predicted molar refractivity (Wildman–Crippen MR) is 69.4 cm³/mol. The number of nitrogen functional groups attached to an aromatic ring is 1. The van der Waals surface area contributed by atoms with Gasteiger partial charge in [0, 0.05) is 23.6 Å². The molecule has 3 N–H and O–H groups in total. The van der Waals surface area contributed by atoms with Crippen LogP contribution in [0, 0.1) is 5.92 Å². The van der Waals surface area contributed by atoms with Crippen molar-refractivity contribution < 1.29 is 5.11 Å². The quantitative estimate of drug-likeness (QED) is 0.845. The van der Waals surface area contributed by atoms with E-state index < -0.39 is 5.60 Å². The first-order valence-electron chi connectivity index (χ1n) is 6.58. The van der Waals surface area contributed by atoms with Crippen molar-refractivity contribution in [2.75, 3.05) is 5.73 Å². The fourth-order valence-corrected chi connectivity index (χ4v) is 2.92. The van der Waals surface area contributed by atoms with E-state index in [0.29, 0.717) is 5.69 Å². The minimum absolute atomic E-state index is 0.663. The van der Waals surface area contributed by atoms with Crippen LogP contribution in [-0.2, 0) is 5.60 Å². The first kappa shape index (κ1) is 12.4. The Kier molecular flexibility index (Phi) is 3.67. The van der Waals surface area contributed by atoms with E-state index in [1.165, 1.54) is 12.8 Å². The molecule has 1 aromatic heterocycles.